The minimum Gasteiger partial charge on any atom is -0.317 e. The SMILES string of the molecule is CCNCCCc1nccc(CC(C)(C)C)n1. The van der Waals surface area contributed by atoms with Crippen molar-refractivity contribution in [2.75, 3.05) is 13.1 Å². The van der Waals surface area contributed by atoms with E-state index >= 15 is 0 Å². The molecule has 0 aliphatic rings. The molecule has 0 saturated carbocycles. The first-order valence-electron chi connectivity index (χ1n) is 6.53. The van der Waals surface area contributed by atoms with Crippen LogP contribution in [0.5, 0.6) is 0 Å². The highest BCUT2D eigenvalue weighted by atomic mass is 14.9. The molecule has 0 unspecified atom stereocenters. The predicted octanol–water partition coefficient (Wildman–Crippen LogP) is 2.61. The van der Waals surface area contributed by atoms with Gasteiger partial charge in [-0.05, 0) is 37.4 Å². The molecule has 0 aliphatic carbocycles. The zero-order valence-electron chi connectivity index (χ0n) is 11.6. The quantitative estimate of drug-likeness (QED) is 0.770. The third-order valence-electron chi connectivity index (χ3n) is 2.48. The zero-order chi connectivity index (χ0) is 12.7. The molecular formula is C14H25N3. The molecular weight excluding hydrogens is 210 g/mol. The second-order valence-corrected chi connectivity index (χ2v) is 5.66. The van der Waals surface area contributed by atoms with Crippen LogP contribution in [-0.2, 0) is 12.8 Å². The van der Waals surface area contributed by atoms with Crippen molar-refractivity contribution >= 4 is 0 Å². The van der Waals surface area contributed by atoms with Gasteiger partial charge in [0.1, 0.15) is 5.82 Å². The van der Waals surface area contributed by atoms with Crippen LogP contribution in [0.1, 0.15) is 45.6 Å². The molecule has 0 saturated heterocycles. The van der Waals surface area contributed by atoms with Crippen LogP contribution in [0.15, 0.2) is 12.3 Å². The van der Waals surface area contributed by atoms with Gasteiger partial charge in [0.05, 0.1) is 0 Å². The fourth-order valence-corrected chi connectivity index (χ4v) is 1.75. The van der Waals surface area contributed by atoms with Gasteiger partial charge in [-0.15, -0.1) is 0 Å². The Kier molecular flexibility index (Phi) is 5.56. The zero-order valence-corrected chi connectivity index (χ0v) is 11.6. The summed E-state index contributed by atoms with van der Waals surface area (Å²) in [7, 11) is 0. The summed E-state index contributed by atoms with van der Waals surface area (Å²) in [5, 5.41) is 3.32. The summed E-state index contributed by atoms with van der Waals surface area (Å²) in [5.41, 5.74) is 1.45. The van der Waals surface area contributed by atoms with Crippen molar-refractivity contribution in [3.63, 3.8) is 0 Å². The average molecular weight is 235 g/mol. The van der Waals surface area contributed by atoms with Gasteiger partial charge in [-0.2, -0.15) is 0 Å². The van der Waals surface area contributed by atoms with Crippen molar-refractivity contribution in [1.29, 1.82) is 0 Å². The molecule has 96 valence electrons. The molecule has 17 heavy (non-hydrogen) atoms. The van der Waals surface area contributed by atoms with Gasteiger partial charge in [-0.1, -0.05) is 27.7 Å². The Balaban J connectivity index is 2.48. The van der Waals surface area contributed by atoms with Gasteiger partial charge in [-0.3, -0.25) is 0 Å². The van der Waals surface area contributed by atoms with E-state index < -0.39 is 0 Å². The van der Waals surface area contributed by atoms with E-state index in [1.54, 1.807) is 0 Å². The monoisotopic (exact) mass is 235 g/mol. The van der Waals surface area contributed by atoms with Gasteiger partial charge >= 0.3 is 0 Å². The molecule has 3 nitrogen and oxygen atoms in total. The molecule has 0 aromatic carbocycles. The van der Waals surface area contributed by atoms with Crippen molar-refractivity contribution in [3.05, 3.63) is 23.8 Å². The minimum atomic E-state index is 0.287. The lowest BCUT2D eigenvalue weighted by molar-refractivity contribution is 0.405. The van der Waals surface area contributed by atoms with Gasteiger partial charge in [0, 0.05) is 18.3 Å². The highest BCUT2D eigenvalue weighted by molar-refractivity contribution is 5.04. The first kappa shape index (κ1) is 14.1. The standard InChI is InChI=1S/C14H25N3/c1-5-15-9-6-7-13-16-10-8-12(17-13)11-14(2,3)4/h8,10,15H,5-7,9,11H2,1-4H3. The lowest BCUT2D eigenvalue weighted by Crippen LogP contribution is -2.15. The Hall–Kier alpha value is -0.960. The van der Waals surface area contributed by atoms with E-state index in [0.717, 1.165) is 43.9 Å². The first-order valence-corrected chi connectivity index (χ1v) is 6.53. The van der Waals surface area contributed by atoms with Crippen LogP contribution in [-0.4, -0.2) is 23.1 Å². The van der Waals surface area contributed by atoms with Crippen molar-refractivity contribution in [3.8, 4) is 0 Å². The third kappa shape index (κ3) is 6.37. The van der Waals surface area contributed by atoms with Gasteiger partial charge in [0.15, 0.2) is 0 Å². The molecule has 1 heterocycles. The Morgan fingerprint density at radius 2 is 2.06 bits per heavy atom. The van der Waals surface area contributed by atoms with E-state index in [4.69, 9.17) is 0 Å². The van der Waals surface area contributed by atoms with Gasteiger partial charge < -0.3 is 5.32 Å². The molecule has 1 aromatic rings. The maximum Gasteiger partial charge on any atom is 0.128 e. The fraction of sp³-hybridized carbons (Fsp3) is 0.714. The molecule has 0 fully saturated rings. The van der Waals surface area contributed by atoms with E-state index in [0.29, 0.717) is 0 Å². The van der Waals surface area contributed by atoms with Crippen LogP contribution >= 0.6 is 0 Å². The number of hydrogen-bond donors (Lipinski definition) is 1. The largest absolute Gasteiger partial charge is 0.317 e. The molecule has 0 bridgehead atoms. The number of hydrogen-bond acceptors (Lipinski definition) is 3. The van der Waals surface area contributed by atoms with Crippen LogP contribution in [0.4, 0.5) is 0 Å². The Labute approximate surface area is 105 Å². The summed E-state index contributed by atoms with van der Waals surface area (Å²) in [4.78, 5) is 8.95. The summed E-state index contributed by atoms with van der Waals surface area (Å²) in [6.07, 6.45) is 4.96. The normalized spacial score (nSPS) is 11.8. The number of rotatable bonds is 6. The first-order chi connectivity index (χ1) is 8.01. The Morgan fingerprint density at radius 1 is 1.29 bits per heavy atom. The molecule has 1 N–H and O–H groups in total. The molecule has 0 aliphatic heterocycles. The number of aryl methyl sites for hydroxylation is 1. The molecule has 1 aromatic heterocycles. The molecule has 0 atom stereocenters. The van der Waals surface area contributed by atoms with Crippen molar-refractivity contribution in [2.24, 2.45) is 5.41 Å². The van der Waals surface area contributed by atoms with E-state index in [-0.39, 0.29) is 5.41 Å². The predicted molar refractivity (Wildman–Crippen MR) is 72.1 cm³/mol. The van der Waals surface area contributed by atoms with E-state index in [2.05, 4.69) is 43.0 Å². The molecule has 0 amide bonds. The van der Waals surface area contributed by atoms with Crippen molar-refractivity contribution < 1.29 is 0 Å². The second kappa shape index (κ2) is 6.70. The number of nitrogens with zero attached hydrogens (tertiary/aromatic N) is 2. The van der Waals surface area contributed by atoms with Crippen LogP contribution < -0.4 is 5.32 Å². The number of aromatic nitrogens is 2. The van der Waals surface area contributed by atoms with E-state index in [9.17, 15) is 0 Å². The lowest BCUT2D eigenvalue weighted by atomic mass is 9.90. The van der Waals surface area contributed by atoms with E-state index in [1.165, 1.54) is 0 Å². The van der Waals surface area contributed by atoms with Crippen LogP contribution in [0.2, 0.25) is 0 Å². The van der Waals surface area contributed by atoms with Gasteiger partial charge in [0.25, 0.3) is 0 Å². The van der Waals surface area contributed by atoms with Crippen molar-refractivity contribution in [2.45, 2.75) is 47.0 Å². The van der Waals surface area contributed by atoms with Gasteiger partial charge in [0.2, 0.25) is 0 Å². The van der Waals surface area contributed by atoms with Gasteiger partial charge in [-0.25, -0.2) is 9.97 Å². The molecule has 3 heteroatoms. The highest BCUT2D eigenvalue weighted by Gasteiger charge is 2.12. The second-order valence-electron chi connectivity index (χ2n) is 5.66. The molecule has 0 spiro atoms. The highest BCUT2D eigenvalue weighted by Crippen LogP contribution is 2.18. The summed E-state index contributed by atoms with van der Waals surface area (Å²) in [6, 6.07) is 2.03. The smallest absolute Gasteiger partial charge is 0.128 e. The van der Waals surface area contributed by atoms with Crippen LogP contribution in [0, 0.1) is 5.41 Å². The minimum absolute atomic E-state index is 0.287. The summed E-state index contributed by atoms with van der Waals surface area (Å²) in [5.74, 6) is 0.977. The Morgan fingerprint density at radius 3 is 2.71 bits per heavy atom. The maximum absolute atomic E-state index is 4.62. The summed E-state index contributed by atoms with van der Waals surface area (Å²) >= 11 is 0. The average Bonchev–Trinajstić information content (AvgIpc) is 2.23. The topological polar surface area (TPSA) is 37.8 Å². The van der Waals surface area contributed by atoms with Crippen LogP contribution in [0.25, 0.3) is 0 Å². The number of nitrogens with one attached hydrogen (secondary N) is 1. The van der Waals surface area contributed by atoms with Crippen LogP contribution in [0.3, 0.4) is 0 Å². The summed E-state index contributed by atoms with van der Waals surface area (Å²) in [6.45, 7) is 10.9. The third-order valence-corrected chi connectivity index (χ3v) is 2.48. The summed E-state index contributed by atoms with van der Waals surface area (Å²) < 4.78 is 0. The molecule has 1 rings (SSSR count). The fourth-order valence-electron chi connectivity index (χ4n) is 1.75. The maximum atomic E-state index is 4.62. The molecule has 0 radical (unpaired) electrons. The Bertz CT molecular complexity index is 328. The van der Waals surface area contributed by atoms with E-state index in [1.807, 2.05) is 12.3 Å². The van der Waals surface area contributed by atoms with Crippen molar-refractivity contribution in [1.82, 2.24) is 15.3 Å². The lowest BCUT2D eigenvalue weighted by Gasteiger charge is -2.17.